The van der Waals surface area contributed by atoms with Crippen LogP contribution in [0.3, 0.4) is 0 Å². The third-order valence-electron chi connectivity index (χ3n) is 1.15. The fourth-order valence-corrected chi connectivity index (χ4v) is 2.07. The van der Waals surface area contributed by atoms with Gasteiger partial charge in [0.25, 0.3) is 0 Å². The van der Waals surface area contributed by atoms with Crippen LogP contribution in [0.5, 0.6) is 0 Å². The van der Waals surface area contributed by atoms with Crippen molar-refractivity contribution in [2.24, 2.45) is 0 Å². The van der Waals surface area contributed by atoms with E-state index in [1.54, 1.807) is 18.9 Å². The van der Waals surface area contributed by atoms with Crippen LogP contribution in [-0.4, -0.2) is 43.1 Å². The van der Waals surface area contributed by atoms with Crippen molar-refractivity contribution < 1.29 is 14.3 Å². The largest absolute Gasteiger partial charge is 0.468 e. The van der Waals surface area contributed by atoms with Gasteiger partial charge < -0.3 is 9.47 Å². The molecule has 0 heterocycles. The molecule has 72 valence electrons. The highest BCUT2D eigenvalue weighted by Crippen LogP contribution is 2.10. The molecule has 0 aliphatic rings. The van der Waals surface area contributed by atoms with Crippen LogP contribution in [0.1, 0.15) is 0 Å². The number of hydrogen-bond acceptors (Lipinski definition) is 4. The van der Waals surface area contributed by atoms with Gasteiger partial charge in [-0.3, -0.25) is 4.79 Å². The average Bonchev–Trinajstić information content (AvgIpc) is 2.10. The molecule has 0 aromatic heterocycles. The zero-order valence-electron chi connectivity index (χ0n) is 7.21. The van der Waals surface area contributed by atoms with Gasteiger partial charge in [0, 0.05) is 18.6 Å². The Morgan fingerprint density at radius 2 is 2.25 bits per heavy atom. The van der Waals surface area contributed by atoms with E-state index in [9.17, 15) is 4.79 Å². The highest BCUT2D eigenvalue weighted by molar-refractivity contribution is 9.10. The second-order valence-electron chi connectivity index (χ2n) is 2.06. The molecule has 12 heavy (non-hydrogen) atoms. The fraction of sp³-hybridized carbons (Fsp3) is 0.857. The first-order valence-corrected chi connectivity index (χ1v) is 5.58. The summed E-state index contributed by atoms with van der Waals surface area (Å²) < 4.78 is 9.40. The van der Waals surface area contributed by atoms with Crippen LogP contribution in [-0.2, 0) is 14.3 Å². The Balaban J connectivity index is 3.31. The van der Waals surface area contributed by atoms with Crippen molar-refractivity contribution in [1.29, 1.82) is 0 Å². The molecule has 0 aromatic rings. The molecule has 0 radical (unpaired) electrons. The molecule has 3 nitrogen and oxygen atoms in total. The number of esters is 1. The molecule has 0 fully saturated rings. The van der Waals surface area contributed by atoms with Crippen molar-refractivity contribution in [3.8, 4) is 0 Å². The van der Waals surface area contributed by atoms with Gasteiger partial charge in [-0.05, 0) is 0 Å². The molecule has 1 atom stereocenters. The molecule has 0 N–H and O–H groups in total. The molecule has 5 heteroatoms. The molecular formula is C7H13BrO3S. The summed E-state index contributed by atoms with van der Waals surface area (Å²) in [5.41, 5.74) is 0. The van der Waals surface area contributed by atoms with Crippen molar-refractivity contribution in [3.05, 3.63) is 0 Å². The maximum absolute atomic E-state index is 10.9. The van der Waals surface area contributed by atoms with Gasteiger partial charge >= 0.3 is 5.97 Å². The lowest BCUT2D eigenvalue weighted by molar-refractivity contribution is -0.139. The minimum atomic E-state index is -0.222. The van der Waals surface area contributed by atoms with Crippen molar-refractivity contribution in [2.75, 3.05) is 32.3 Å². The van der Waals surface area contributed by atoms with E-state index in [0.29, 0.717) is 6.61 Å². The molecule has 0 aliphatic carbocycles. The standard InChI is InChI=1S/C7H13BrO3S/c1-10-3-4-12-5-6(8)7(9)11-2/h6H,3-5H2,1-2H3. The van der Waals surface area contributed by atoms with Crippen LogP contribution >= 0.6 is 27.7 Å². The first-order valence-electron chi connectivity index (χ1n) is 3.51. The van der Waals surface area contributed by atoms with E-state index in [-0.39, 0.29) is 10.8 Å². The van der Waals surface area contributed by atoms with E-state index in [2.05, 4.69) is 20.7 Å². The van der Waals surface area contributed by atoms with Crippen molar-refractivity contribution in [3.63, 3.8) is 0 Å². The predicted octanol–water partition coefficient (Wildman–Crippen LogP) is 1.30. The third kappa shape index (κ3) is 5.85. The number of halogens is 1. The van der Waals surface area contributed by atoms with E-state index < -0.39 is 0 Å². The lowest BCUT2D eigenvalue weighted by atomic mass is 10.5. The summed E-state index contributed by atoms with van der Waals surface area (Å²) in [7, 11) is 3.04. The highest BCUT2D eigenvalue weighted by atomic mass is 79.9. The van der Waals surface area contributed by atoms with E-state index in [1.165, 1.54) is 7.11 Å². The zero-order chi connectivity index (χ0) is 9.40. The first kappa shape index (κ1) is 12.3. The SMILES string of the molecule is COCCSCC(Br)C(=O)OC. The monoisotopic (exact) mass is 256 g/mol. The van der Waals surface area contributed by atoms with Crippen LogP contribution in [0.4, 0.5) is 0 Å². The second kappa shape index (κ2) is 7.89. The number of ether oxygens (including phenoxy) is 2. The van der Waals surface area contributed by atoms with Crippen molar-refractivity contribution in [2.45, 2.75) is 4.83 Å². The summed E-state index contributed by atoms with van der Waals surface area (Å²) in [5.74, 6) is 1.39. The molecule has 1 unspecified atom stereocenters. The summed E-state index contributed by atoms with van der Waals surface area (Å²) >= 11 is 4.88. The van der Waals surface area contributed by atoms with Crippen LogP contribution in [0.15, 0.2) is 0 Å². The van der Waals surface area contributed by atoms with Gasteiger partial charge in [-0.2, -0.15) is 11.8 Å². The highest BCUT2D eigenvalue weighted by Gasteiger charge is 2.14. The number of alkyl halides is 1. The van der Waals surface area contributed by atoms with Crippen LogP contribution in [0.25, 0.3) is 0 Å². The van der Waals surface area contributed by atoms with E-state index in [1.807, 2.05) is 0 Å². The maximum atomic E-state index is 10.9. The number of carbonyl (C=O) groups excluding carboxylic acids is 1. The molecule has 0 rings (SSSR count). The summed E-state index contributed by atoms with van der Waals surface area (Å²) in [4.78, 5) is 10.7. The van der Waals surface area contributed by atoms with Gasteiger partial charge in [0.1, 0.15) is 4.83 Å². The van der Waals surface area contributed by atoms with E-state index in [0.717, 1.165) is 11.5 Å². The van der Waals surface area contributed by atoms with Gasteiger partial charge in [-0.1, -0.05) is 15.9 Å². The zero-order valence-corrected chi connectivity index (χ0v) is 9.61. The van der Waals surface area contributed by atoms with Crippen LogP contribution < -0.4 is 0 Å². The predicted molar refractivity (Wildman–Crippen MR) is 53.9 cm³/mol. The molecule has 0 aliphatic heterocycles. The minimum Gasteiger partial charge on any atom is -0.468 e. The Labute approximate surface area is 85.3 Å². The number of methoxy groups -OCH3 is 2. The Hall–Kier alpha value is 0.260. The van der Waals surface area contributed by atoms with Gasteiger partial charge in [0.2, 0.25) is 0 Å². The summed E-state index contributed by atoms with van der Waals surface area (Å²) in [6.07, 6.45) is 0. The average molecular weight is 257 g/mol. The number of carbonyl (C=O) groups is 1. The smallest absolute Gasteiger partial charge is 0.320 e. The minimum absolute atomic E-state index is 0.204. The molecule has 0 saturated heterocycles. The van der Waals surface area contributed by atoms with Crippen LogP contribution in [0, 0.1) is 0 Å². The van der Waals surface area contributed by atoms with Gasteiger partial charge in [-0.15, -0.1) is 0 Å². The Kier molecular flexibility index (Phi) is 8.06. The molecule has 0 saturated carbocycles. The molecule has 0 spiro atoms. The van der Waals surface area contributed by atoms with Crippen LogP contribution in [0.2, 0.25) is 0 Å². The summed E-state index contributed by atoms with van der Waals surface area (Å²) in [6, 6.07) is 0. The summed E-state index contributed by atoms with van der Waals surface area (Å²) in [6.45, 7) is 0.714. The van der Waals surface area contributed by atoms with E-state index in [4.69, 9.17) is 4.74 Å². The number of thioether (sulfide) groups is 1. The Morgan fingerprint density at radius 1 is 1.58 bits per heavy atom. The Bertz CT molecular complexity index is 132. The second-order valence-corrected chi connectivity index (χ2v) is 4.31. The quantitative estimate of drug-likeness (QED) is 0.408. The summed E-state index contributed by atoms with van der Waals surface area (Å²) in [5, 5.41) is 0. The molecule has 0 bridgehead atoms. The maximum Gasteiger partial charge on any atom is 0.320 e. The number of rotatable bonds is 6. The molecule has 0 amide bonds. The lowest BCUT2D eigenvalue weighted by Crippen LogP contribution is -2.18. The topological polar surface area (TPSA) is 35.5 Å². The van der Waals surface area contributed by atoms with Crippen molar-refractivity contribution >= 4 is 33.7 Å². The number of hydrogen-bond donors (Lipinski definition) is 0. The molecule has 0 aromatic carbocycles. The molecular weight excluding hydrogens is 244 g/mol. The normalized spacial score (nSPS) is 12.6. The van der Waals surface area contributed by atoms with Gasteiger partial charge in [0.15, 0.2) is 0 Å². The van der Waals surface area contributed by atoms with Gasteiger partial charge in [0.05, 0.1) is 13.7 Å². The first-order chi connectivity index (χ1) is 5.72. The lowest BCUT2D eigenvalue weighted by Gasteiger charge is -2.06. The third-order valence-corrected chi connectivity index (χ3v) is 3.30. The van der Waals surface area contributed by atoms with Gasteiger partial charge in [-0.25, -0.2) is 0 Å². The van der Waals surface area contributed by atoms with Crippen molar-refractivity contribution in [1.82, 2.24) is 0 Å². The fourth-order valence-electron chi connectivity index (χ4n) is 0.525. The Morgan fingerprint density at radius 3 is 2.75 bits per heavy atom. The van der Waals surface area contributed by atoms with E-state index >= 15 is 0 Å².